The third-order valence-corrected chi connectivity index (χ3v) is 5.43. The van der Waals surface area contributed by atoms with Crippen molar-refractivity contribution in [2.75, 3.05) is 23.0 Å². The normalized spacial score (nSPS) is 11.1. The Kier molecular flexibility index (Phi) is 21.1. The van der Waals surface area contributed by atoms with Crippen molar-refractivity contribution >= 4 is 37.0 Å². The van der Waals surface area contributed by atoms with E-state index in [4.69, 9.17) is 0 Å². The summed E-state index contributed by atoms with van der Waals surface area (Å²) in [5, 5.41) is 0. The highest BCUT2D eigenvalue weighted by Crippen LogP contribution is 2.13. The highest BCUT2D eigenvalue weighted by Gasteiger charge is 1.94. The smallest absolute Gasteiger partial charge is 0.00672 e. The fourth-order valence-electron chi connectivity index (χ4n) is 2.32. The van der Waals surface area contributed by atoms with Gasteiger partial charge in [0.1, 0.15) is 0 Å². The van der Waals surface area contributed by atoms with E-state index < -0.39 is 0 Å². The number of rotatable bonds is 17. The second-order valence-corrected chi connectivity index (χ2v) is 7.77. The number of hydrogen-bond donors (Lipinski definition) is 2. The summed E-state index contributed by atoms with van der Waals surface area (Å²) in [6.45, 7) is 0. The molecule has 3 heteroatoms. The van der Waals surface area contributed by atoms with Crippen LogP contribution in [0.4, 0.5) is 0 Å². The molecular weight excluding hydrogens is 300 g/mol. The van der Waals surface area contributed by atoms with E-state index in [2.05, 4.69) is 37.0 Å². The van der Waals surface area contributed by atoms with Crippen molar-refractivity contribution < 1.29 is 0 Å². The van der Waals surface area contributed by atoms with Crippen molar-refractivity contribution in [3.05, 3.63) is 0 Å². The Morgan fingerprint density at radius 2 is 0.700 bits per heavy atom. The Morgan fingerprint density at radius 3 is 1.15 bits per heavy atom. The molecule has 0 spiro atoms. The molecule has 0 aromatic carbocycles. The predicted molar refractivity (Wildman–Crippen MR) is 105 cm³/mol. The van der Waals surface area contributed by atoms with Crippen molar-refractivity contribution in [2.45, 2.75) is 83.5 Å². The maximum Gasteiger partial charge on any atom is -0.00672 e. The topological polar surface area (TPSA) is 0 Å². The van der Waals surface area contributed by atoms with Crippen LogP contribution in [0.1, 0.15) is 83.5 Å². The van der Waals surface area contributed by atoms with Crippen LogP contribution in [0.5, 0.6) is 0 Å². The zero-order chi connectivity index (χ0) is 14.7. The van der Waals surface area contributed by atoms with E-state index in [0.29, 0.717) is 0 Å². The number of hydrogen-bond acceptors (Lipinski definition) is 3. The molecule has 0 aliphatic carbocycles. The van der Waals surface area contributed by atoms with Gasteiger partial charge in [-0.15, -0.1) is 0 Å². The third-order valence-electron chi connectivity index (χ3n) is 3.64. The van der Waals surface area contributed by atoms with Gasteiger partial charge in [0.05, 0.1) is 0 Å². The molecule has 0 aliphatic heterocycles. The van der Waals surface area contributed by atoms with Crippen LogP contribution < -0.4 is 0 Å². The van der Waals surface area contributed by atoms with Gasteiger partial charge in [-0.3, -0.25) is 0 Å². The van der Waals surface area contributed by atoms with Crippen LogP contribution in [0, 0.1) is 0 Å². The molecule has 0 bridgehead atoms. The zero-order valence-electron chi connectivity index (χ0n) is 13.3. The summed E-state index contributed by atoms with van der Waals surface area (Å²) in [6.07, 6.45) is 18.3. The summed E-state index contributed by atoms with van der Waals surface area (Å²) >= 11 is 10.6. The van der Waals surface area contributed by atoms with E-state index in [1.54, 1.807) is 0 Å². The summed E-state index contributed by atoms with van der Waals surface area (Å²) in [4.78, 5) is 0. The molecule has 20 heavy (non-hydrogen) atoms. The molecule has 0 atom stereocenters. The van der Waals surface area contributed by atoms with Crippen LogP contribution in [0.15, 0.2) is 0 Å². The Hall–Kier alpha value is 1.05. The lowest BCUT2D eigenvalue weighted by atomic mass is 10.1. The lowest BCUT2D eigenvalue weighted by molar-refractivity contribution is 0.555. The standard InChI is InChI=1S/C17H36S3/c18-14-10-8-6-4-2-1-3-5-7-9-12-16-20-17-13-11-15-19/h18-19H,1-17H2. The van der Waals surface area contributed by atoms with Gasteiger partial charge in [-0.2, -0.15) is 37.0 Å². The van der Waals surface area contributed by atoms with Crippen molar-refractivity contribution in [1.82, 2.24) is 0 Å². The Balaban J connectivity index is 2.89. The first-order valence-electron chi connectivity index (χ1n) is 8.71. The fraction of sp³-hybridized carbons (Fsp3) is 1.00. The SMILES string of the molecule is SCCCCCCCCCCCCCSCCCCS. The molecule has 0 rings (SSSR count). The van der Waals surface area contributed by atoms with Gasteiger partial charge in [-0.1, -0.05) is 57.8 Å². The second-order valence-electron chi connectivity index (χ2n) is 5.66. The van der Waals surface area contributed by atoms with Crippen molar-refractivity contribution in [2.24, 2.45) is 0 Å². The first-order chi connectivity index (χ1) is 9.91. The minimum absolute atomic E-state index is 1.05. The van der Waals surface area contributed by atoms with Crippen molar-refractivity contribution in [1.29, 1.82) is 0 Å². The van der Waals surface area contributed by atoms with E-state index in [1.165, 1.54) is 95.0 Å². The summed E-state index contributed by atoms with van der Waals surface area (Å²) in [7, 11) is 0. The highest BCUT2D eigenvalue weighted by atomic mass is 32.2. The number of unbranched alkanes of at least 4 members (excludes halogenated alkanes) is 11. The summed E-state index contributed by atoms with van der Waals surface area (Å²) < 4.78 is 0. The molecule has 0 nitrogen and oxygen atoms in total. The van der Waals surface area contributed by atoms with Gasteiger partial charge >= 0.3 is 0 Å². The largest absolute Gasteiger partial charge is 0.179 e. The summed E-state index contributed by atoms with van der Waals surface area (Å²) in [6, 6.07) is 0. The Morgan fingerprint density at radius 1 is 0.400 bits per heavy atom. The molecule has 0 radical (unpaired) electrons. The third kappa shape index (κ3) is 19.1. The molecule has 0 heterocycles. The van der Waals surface area contributed by atoms with Gasteiger partial charge in [0.25, 0.3) is 0 Å². The monoisotopic (exact) mass is 336 g/mol. The lowest BCUT2D eigenvalue weighted by Crippen LogP contribution is -1.87. The summed E-state index contributed by atoms with van der Waals surface area (Å²) in [5.41, 5.74) is 0. The van der Waals surface area contributed by atoms with Gasteiger partial charge in [0.2, 0.25) is 0 Å². The van der Waals surface area contributed by atoms with Crippen LogP contribution >= 0.6 is 37.0 Å². The van der Waals surface area contributed by atoms with Gasteiger partial charge in [-0.05, 0) is 48.7 Å². The van der Waals surface area contributed by atoms with Gasteiger partial charge < -0.3 is 0 Å². The van der Waals surface area contributed by atoms with Crippen LogP contribution in [-0.2, 0) is 0 Å². The van der Waals surface area contributed by atoms with Crippen LogP contribution in [0.3, 0.4) is 0 Å². The number of thioether (sulfide) groups is 1. The van der Waals surface area contributed by atoms with Crippen molar-refractivity contribution in [3.8, 4) is 0 Å². The van der Waals surface area contributed by atoms with Crippen LogP contribution in [0.25, 0.3) is 0 Å². The van der Waals surface area contributed by atoms with E-state index in [9.17, 15) is 0 Å². The minimum atomic E-state index is 1.05. The second kappa shape index (κ2) is 20.1. The molecule has 0 saturated carbocycles. The number of thiol groups is 2. The summed E-state index contributed by atoms with van der Waals surface area (Å²) in [5.74, 6) is 4.83. The zero-order valence-corrected chi connectivity index (χ0v) is 15.9. The van der Waals surface area contributed by atoms with E-state index in [0.717, 1.165) is 11.5 Å². The van der Waals surface area contributed by atoms with E-state index in [-0.39, 0.29) is 0 Å². The molecule has 0 unspecified atom stereocenters. The molecule has 0 fully saturated rings. The maximum atomic E-state index is 4.24. The lowest BCUT2D eigenvalue weighted by Gasteiger charge is -2.03. The maximum absolute atomic E-state index is 4.24. The quantitative estimate of drug-likeness (QED) is 0.221. The van der Waals surface area contributed by atoms with Gasteiger partial charge in [0.15, 0.2) is 0 Å². The van der Waals surface area contributed by atoms with Gasteiger partial charge in [0, 0.05) is 0 Å². The minimum Gasteiger partial charge on any atom is -0.179 e. The Labute approximate surface area is 143 Å². The molecule has 0 aromatic rings. The molecule has 0 N–H and O–H groups in total. The van der Waals surface area contributed by atoms with E-state index >= 15 is 0 Å². The first-order valence-corrected chi connectivity index (χ1v) is 11.1. The highest BCUT2D eigenvalue weighted by molar-refractivity contribution is 7.99. The predicted octanol–water partition coefficient (Wildman–Crippen LogP) is 6.65. The molecule has 122 valence electrons. The van der Waals surface area contributed by atoms with Crippen LogP contribution in [0.2, 0.25) is 0 Å². The van der Waals surface area contributed by atoms with Crippen LogP contribution in [-0.4, -0.2) is 23.0 Å². The molecule has 0 amide bonds. The average molecular weight is 337 g/mol. The molecule has 0 aromatic heterocycles. The molecule has 0 saturated heterocycles. The molecular formula is C17H36S3. The average Bonchev–Trinajstić information content (AvgIpc) is 2.47. The first kappa shape index (κ1) is 21.0. The van der Waals surface area contributed by atoms with E-state index in [1.807, 2.05) is 0 Å². The van der Waals surface area contributed by atoms with Crippen molar-refractivity contribution in [3.63, 3.8) is 0 Å². The molecule has 0 aliphatic rings. The fourth-order valence-corrected chi connectivity index (χ4v) is 3.79. The van der Waals surface area contributed by atoms with Gasteiger partial charge in [-0.25, -0.2) is 0 Å². The Bertz CT molecular complexity index is 144.